The Labute approximate surface area is 178 Å². The van der Waals surface area contributed by atoms with Crippen molar-refractivity contribution in [2.24, 2.45) is 0 Å². The lowest BCUT2D eigenvalue weighted by molar-refractivity contribution is -0.121. The number of carbonyl (C=O) groups excluding carboxylic acids is 2. The van der Waals surface area contributed by atoms with Crippen LogP contribution in [0.25, 0.3) is 10.2 Å². The molecule has 0 unspecified atom stereocenters. The molecule has 0 spiro atoms. The number of hydrogen-bond acceptors (Lipinski definition) is 4. The molecule has 1 atom stereocenters. The van der Waals surface area contributed by atoms with Gasteiger partial charge in [0.15, 0.2) is 0 Å². The smallest absolute Gasteiger partial charge is 0.251 e. The maximum Gasteiger partial charge on any atom is 0.251 e. The van der Waals surface area contributed by atoms with Crippen LogP contribution in [0.1, 0.15) is 33.4 Å². The van der Waals surface area contributed by atoms with Crippen LogP contribution in [0.4, 0.5) is 0 Å². The van der Waals surface area contributed by atoms with Crippen LogP contribution in [0.3, 0.4) is 0 Å². The molecule has 1 aromatic heterocycles. The Balaban J connectivity index is 1.43. The molecule has 4 rings (SSSR count). The predicted octanol–water partition coefficient (Wildman–Crippen LogP) is 4.47. The van der Waals surface area contributed by atoms with Crippen LogP contribution in [0.15, 0.2) is 84.9 Å². The van der Waals surface area contributed by atoms with Crippen molar-refractivity contribution in [3.05, 3.63) is 101 Å². The van der Waals surface area contributed by atoms with Gasteiger partial charge in [-0.2, -0.15) is 0 Å². The highest BCUT2D eigenvalue weighted by Gasteiger charge is 2.19. The Morgan fingerprint density at radius 1 is 0.867 bits per heavy atom. The van der Waals surface area contributed by atoms with Gasteiger partial charge in [0.05, 0.1) is 29.2 Å². The number of nitrogens with one attached hydrogen (secondary N) is 2. The normalized spacial score (nSPS) is 11.7. The van der Waals surface area contributed by atoms with Gasteiger partial charge in [0.2, 0.25) is 5.91 Å². The Bertz CT molecular complexity index is 1110. The minimum Gasteiger partial charge on any atom is -0.350 e. The molecule has 4 aromatic rings. The van der Waals surface area contributed by atoms with Gasteiger partial charge in [-0.15, -0.1) is 11.3 Å². The lowest BCUT2D eigenvalue weighted by atomic mass is 10.0. The van der Waals surface area contributed by atoms with Crippen molar-refractivity contribution in [1.29, 1.82) is 0 Å². The fourth-order valence-electron chi connectivity index (χ4n) is 3.20. The molecule has 0 saturated carbocycles. The van der Waals surface area contributed by atoms with Gasteiger partial charge in [-0.1, -0.05) is 60.7 Å². The topological polar surface area (TPSA) is 71.1 Å². The summed E-state index contributed by atoms with van der Waals surface area (Å²) < 4.78 is 1.10. The van der Waals surface area contributed by atoms with Gasteiger partial charge in [0.25, 0.3) is 5.91 Å². The summed E-state index contributed by atoms with van der Waals surface area (Å²) in [5, 5.41) is 6.77. The Hall–Kier alpha value is -3.51. The van der Waals surface area contributed by atoms with E-state index in [1.165, 1.54) is 0 Å². The van der Waals surface area contributed by atoms with Gasteiger partial charge in [-0.05, 0) is 29.8 Å². The number of benzene rings is 3. The summed E-state index contributed by atoms with van der Waals surface area (Å²) in [6, 6.07) is 26.0. The van der Waals surface area contributed by atoms with Crippen molar-refractivity contribution < 1.29 is 9.59 Å². The summed E-state index contributed by atoms with van der Waals surface area (Å²) in [7, 11) is 0. The second kappa shape index (κ2) is 9.33. The monoisotopic (exact) mass is 415 g/mol. The van der Waals surface area contributed by atoms with E-state index in [0.717, 1.165) is 20.8 Å². The van der Waals surface area contributed by atoms with Gasteiger partial charge in [0.1, 0.15) is 5.01 Å². The standard InChI is InChI=1S/C24H21N3O2S/c28-22(25-16-23-26-19-13-7-8-14-21(19)30-23)15-20(17-9-3-1-4-10-17)27-24(29)18-11-5-2-6-12-18/h1-14,20H,15-16H2,(H,25,28)(H,27,29)/t20-/m1/s1. The molecule has 0 aliphatic heterocycles. The van der Waals surface area contributed by atoms with Gasteiger partial charge < -0.3 is 10.6 Å². The molecule has 1 heterocycles. The molecule has 150 valence electrons. The third kappa shape index (κ3) is 4.90. The molecular weight excluding hydrogens is 394 g/mol. The van der Waals surface area contributed by atoms with Crippen molar-refractivity contribution in [2.75, 3.05) is 0 Å². The Morgan fingerprint density at radius 3 is 2.27 bits per heavy atom. The van der Waals surface area contributed by atoms with E-state index in [-0.39, 0.29) is 18.2 Å². The van der Waals surface area contributed by atoms with E-state index in [1.54, 1.807) is 23.5 Å². The largest absolute Gasteiger partial charge is 0.350 e. The molecular formula is C24H21N3O2S. The minimum absolute atomic E-state index is 0.142. The maximum atomic E-state index is 12.6. The summed E-state index contributed by atoms with van der Waals surface area (Å²) in [4.78, 5) is 29.8. The quantitative estimate of drug-likeness (QED) is 0.468. The van der Waals surface area contributed by atoms with E-state index in [9.17, 15) is 9.59 Å². The fraction of sp³-hybridized carbons (Fsp3) is 0.125. The van der Waals surface area contributed by atoms with Crippen LogP contribution in [0, 0.1) is 0 Å². The van der Waals surface area contributed by atoms with E-state index in [4.69, 9.17) is 0 Å². The minimum atomic E-state index is -0.422. The fourth-order valence-corrected chi connectivity index (χ4v) is 4.10. The molecule has 3 aromatic carbocycles. The van der Waals surface area contributed by atoms with Gasteiger partial charge in [0, 0.05) is 5.56 Å². The first-order valence-electron chi connectivity index (χ1n) is 9.71. The molecule has 0 fully saturated rings. The van der Waals surface area contributed by atoms with Gasteiger partial charge >= 0.3 is 0 Å². The van der Waals surface area contributed by atoms with Crippen molar-refractivity contribution >= 4 is 33.4 Å². The number of para-hydroxylation sites is 1. The van der Waals surface area contributed by atoms with E-state index < -0.39 is 6.04 Å². The molecule has 30 heavy (non-hydrogen) atoms. The SMILES string of the molecule is O=C(C[C@@H](NC(=O)c1ccccc1)c1ccccc1)NCc1nc2ccccc2s1. The highest BCUT2D eigenvalue weighted by molar-refractivity contribution is 7.18. The summed E-state index contributed by atoms with van der Waals surface area (Å²) in [5.74, 6) is -0.347. The van der Waals surface area contributed by atoms with Crippen LogP contribution in [0.5, 0.6) is 0 Å². The Morgan fingerprint density at radius 2 is 1.53 bits per heavy atom. The number of nitrogens with zero attached hydrogens (tertiary/aromatic N) is 1. The second-order valence-electron chi connectivity index (χ2n) is 6.86. The highest BCUT2D eigenvalue weighted by Crippen LogP contribution is 2.22. The molecule has 0 aliphatic rings. The molecule has 0 aliphatic carbocycles. The number of thiazole rings is 1. The summed E-state index contributed by atoms with van der Waals surface area (Å²) in [6.07, 6.45) is 0.146. The number of rotatable bonds is 7. The first-order valence-corrected chi connectivity index (χ1v) is 10.5. The van der Waals surface area contributed by atoms with Gasteiger partial charge in [-0.3, -0.25) is 9.59 Å². The van der Waals surface area contributed by atoms with Gasteiger partial charge in [-0.25, -0.2) is 4.98 Å². The first kappa shape index (κ1) is 19.8. The van der Waals surface area contributed by atoms with Crippen molar-refractivity contribution in [3.8, 4) is 0 Å². The third-order valence-corrected chi connectivity index (χ3v) is 5.74. The molecule has 0 radical (unpaired) electrons. The van der Waals surface area contributed by atoms with Crippen molar-refractivity contribution in [2.45, 2.75) is 19.0 Å². The zero-order valence-corrected chi connectivity index (χ0v) is 17.1. The van der Waals surface area contributed by atoms with Crippen LogP contribution >= 0.6 is 11.3 Å². The third-order valence-electron chi connectivity index (χ3n) is 4.71. The average Bonchev–Trinajstić information content (AvgIpc) is 3.21. The molecule has 2 amide bonds. The molecule has 6 heteroatoms. The lowest BCUT2D eigenvalue weighted by Gasteiger charge is -2.19. The molecule has 2 N–H and O–H groups in total. The van der Waals surface area contributed by atoms with Crippen molar-refractivity contribution in [1.82, 2.24) is 15.6 Å². The summed E-state index contributed by atoms with van der Waals surface area (Å²) in [6.45, 7) is 0.367. The van der Waals surface area contributed by atoms with E-state index in [0.29, 0.717) is 12.1 Å². The van der Waals surface area contributed by atoms with Crippen LogP contribution in [-0.4, -0.2) is 16.8 Å². The zero-order valence-electron chi connectivity index (χ0n) is 16.2. The molecule has 0 bridgehead atoms. The first-order chi connectivity index (χ1) is 14.7. The maximum absolute atomic E-state index is 12.6. The number of hydrogen-bond donors (Lipinski definition) is 2. The predicted molar refractivity (Wildman–Crippen MR) is 119 cm³/mol. The summed E-state index contributed by atoms with van der Waals surface area (Å²) in [5.41, 5.74) is 2.38. The van der Waals surface area contributed by atoms with E-state index >= 15 is 0 Å². The van der Waals surface area contributed by atoms with Crippen LogP contribution in [-0.2, 0) is 11.3 Å². The molecule has 5 nitrogen and oxygen atoms in total. The highest BCUT2D eigenvalue weighted by atomic mass is 32.1. The number of amides is 2. The number of aromatic nitrogens is 1. The van der Waals surface area contributed by atoms with Crippen molar-refractivity contribution in [3.63, 3.8) is 0 Å². The zero-order chi connectivity index (χ0) is 20.8. The van der Waals surface area contributed by atoms with Crippen LogP contribution in [0.2, 0.25) is 0 Å². The van der Waals surface area contributed by atoms with Crippen LogP contribution < -0.4 is 10.6 Å². The Kier molecular flexibility index (Phi) is 6.15. The molecule has 0 saturated heterocycles. The van der Waals surface area contributed by atoms with E-state index in [2.05, 4.69) is 15.6 Å². The number of carbonyl (C=O) groups is 2. The summed E-state index contributed by atoms with van der Waals surface area (Å²) >= 11 is 1.57. The lowest BCUT2D eigenvalue weighted by Crippen LogP contribution is -2.33. The van der Waals surface area contributed by atoms with E-state index in [1.807, 2.05) is 72.8 Å². The second-order valence-corrected chi connectivity index (χ2v) is 7.97. The number of fused-ring (bicyclic) bond motifs is 1. The average molecular weight is 416 g/mol.